The standard InChI is InChI=1S/C17H26O2/c1-14(13-16(18)19-17(2,3)4)9-8-12-15-10-6-5-7-11-15/h5-7,10-11,14H,8-9,12-13H2,1-4H3. The Labute approximate surface area is 117 Å². The Bertz CT molecular complexity index is 376. The predicted octanol–water partition coefficient (Wildman–Crippen LogP) is 4.38. The van der Waals surface area contributed by atoms with Crippen LogP contribution in [0.5, 0.6) is 0 Å². The highest BCUT2D eigenvalue weighted by Gasteiger charge is 2.18. The van der Waals surface area contributed by atoms with Gasteiger partial charge in [0.2, 0.25) is 0 Å². The molecule has 0 aliphatic carbocycles. The maximum absolute atomic E-state index is 11.7. The lowest BCUT2D eigenvalue weighted by Crippen LogP contribution is -2.24. The molecule has 0 spiro atoms. The molecule has 106 valence electrons. The lowest BCUT2D eigenvalue weighted by atomic mass is 9.98. The summed E-state index contributed by atoms with van der Waals surface area (Å²) < 4.78 is 5.33. The quantitative estimate of drug-likeness (QED) is 0.711. The molecule has 0 fully saturated rings. The van der Waals surface area contributed by atoms with Crippen molar-refractivity contribution in [2.75, 3.05) is 0 Å². The second-order valence-corrected chi connectivity index (χ2v) is 6.27. The third kappa shape index (κ3) is 7.66. The van der Waals surface area contributed by atoms with E-state index in [1.165, 1.54) is 5.56 Å². The van der Waals surface area contributed by atoms with Crippen molar-refractivity contribution in [2.45, 2.75) is 59.0 Å². The molecule has 2 heteroatoms. The van der Waals surface area contributed by atoms with Crippen molar-refractivity contribution in [1.29, 1.82) is 0 Å². The summed E-state index contributed by atoms with van der Waals surface area (Å²) in [4.78, 5) is 11.7. The number of carbonyl (C=O) groups is 1. The third-order valence-electron chi connectivity index (χ3n) is 2.94. The molecule has 1 atom stereocenters. The Balaban J connectivity index is 2.21. The molecule has 0 aromatic heterocycles. The van der Waals surface area contributed by atoms with Gasteiger partial charge < -0.3 is 4.74 Å². The largest absolute Gasteiger partial charge is 0.460 e. The summed E-state index contributed by atoms with van der Waals surface area (Å²) in [6.07, 6.45) is 3.79. The van der Waals surface area contributed by atoms with Gasteiger partial charge in [-0.15, -0.1) is 0 Å². The van der Waals surface area contributed by atoms with Gasteiger partial charge in [0, 0.05) is 6.42 Å². The second-order valence-electron chi connectivity index (χ2n) is 6.27. The van der Waals surface area contributed by atoms with E-state index in [9.17, 15) is 4.79 Å². The molecule has 1 aromatic carbocycles. The van der Waals surface area contributed by atoms with Crippen LogP contribution in [0, 0.1) is 5.92 Å². The monoisotopic (exact) mass is 262 g/mol. The molecule has 0 aliphatic rings. The first-order valence-corrected chi connectivity index (χ1v) is 7.12. The summed E-state index contributed by atoms with van der Waals surface area (Å²) >= 11 is 0. The van der Waals surface area contributed by atoms with Crippen LogP contribution in [0.1, 0.15) is 52.5 Å². The summed E-state index contributed by atoms with van der Waals surface area (Å²) in [5.41, 5.74) is 0.993. The molecule has 0 amide bonds. The van der Waals surface area contributed by atoms with Crippen molar-refractivity contribution in [3.8, 4) is 0 Å². The van der Waals surface area contributed by atoms with Crippen LogP contribution in [-0.2, 0) is 16.0 Å². The van der Waals surface area contributed by atoms with Gasteiger partial charge in [0.1, 0.15) is 5.60 Å². The smallest absolute Gasteiger partial charge is 0.306 e. The van der Waals surface area contributed by atoms with Gasteiger partial charge in [-0.1, -0.05) is 37.3 Å². The van der Waals surface area contributed by atoms with Crippen molar-refractivity contribution >= 4 is 5.97 Å². The van der Waals surface area contributed by atoms with Gasteiger partial charge >= 0.3 is 5.97 Å². The van der Waals surface area contributed by atoms with E-state index in [4.69, 9.17) is 4.74 Å². The molecule has 0 radical (unpaired) electrons. The zero-order chi connectivity index (χ0) is 14.3. The maximum Gasteiger partial charge on any atom is 0.306 e. The zero-order valence-corrected chi connectivity index (χ0v) is 12.6. The van der Waals surface area contributed by atoms with Crippen molar-refractivity contribution in [1.82, 2.24) is 0 Å². The number of esters is 1. The molecule has 0 N–H and O–H groups in total. The van der Waals surface area contributed by atoms with Crippen LogP contribution in [0.25, 0.3) is 0 Å². The Hall–Kier alpha value is -1.31. The van der Waals surface area contributed by atoms with E-state index in [0.29, 0.717) is 12.3 Å². The number of rotatable bonds is 6. The number of carbonyl (C=O) groups excluding carboxylic acids is 1. The van der Waals surface area contributed by atoms with E-state index in [1.807, 2.05) is 26.8 Å². The van der Waals surface area contributed by atoms with Crippen molar-refractivity contribution < 1.29 is 9.53 Å². The van der Waals surface area contributed by atoms with Crippen LogP contribution >= 0.6 is 0 Å². The first-order valence-electron chi connectivity index (χ1n) is 7.12. The van der Waals surface area contributed by atoms with Gasteiger partial charge in [-0.05, 0) is 51.5 Å². The van der Waals surface area contributed by atoms with Crippen LogP contribution in [0.15, 0.2) is 30.3 Å². The van der Waals surface area contributed by atoms with Gasteiger partial charge in [-0.2, -0.15) is 0 Å². The molecule has 0 saturated carbocycles. The highest BCUT2D eigenvalue weighted by Crippen LogP contribution is 2.16. The molecule has 0 aliphatic heterocycles. The molecule has 2 nitrogen and oxygen atoms in total. The lowest BCUT2D eigenvalue weighted by molar-refractivity contribution is -0.155. The fourth-order valence-electron chi connectivity index (χ4n) is 2.07. The molecule has 0 bridgehead atoms. The van der Waals surface area contributed by atoms with Crippen LogP contribution in [0.2, 0.25) is 0 Å². The number of hydrogen-bond acceptors (Lipinski definition) is 2. The van der Waals surface area contributed by atoms with E-state index < -0.39 is 0 Å². The van der Waals surface area contributed by atoms with E-state index >= 15 is 0 Å². The molecule has 1 unspecified atom stereocenters. The Kier molecular flexibility index (Phi) is 6.07. The van der Waals surface area contributed by atoms with Crippen molar-refractivity contribution in [3.05, 3.63) is 35.9 Å². The normalized spacial score (nSPS) is 13.1. The summed E-state index contributed by atoms with van der Waals surface area (Å²) in [5.74, 6) is 0.304. The van der Waals surface area contributed by atoms with Gasteiger partial charge in [0.25, 0.3) is 0 Å². The molecular formula is C17H26O2. The van der Waals surface area contributed by atoms with Crippen LogP contribution < -0.4 is 0 Å². The van der Waals surface area contributed by atoms with Gasteiger partial charge in [-0.3, -0.25) is 4.79 Å². The highest BCUT2D eigenvalue weighted by molar-refractivity contribution is 5.70. The lowest BCUT2D eigenvalue weighted by Gasteiger charge is -2.20. The summed E-state index contributed by atoms with van der Waals surface area (Å²) in [6.45, 7) is 7.84. The van der Waals surface area contributed by atoms with E-state index in [2.05, 4.69) is 31.2 Å². The van der Waals surface area contributed by atoms with Crippen LogP contribution in [-0.4, -0.2) is 11.6 Å². The Morgan fingerprint density at radius 3 is 2.42 bits per heavy atom. The predicted molar refractivity (Wildman–Crippen MR) is 79.0 cm³/mol. The van der Waals surface area contributed by atoms with E-state index in [1.54, 1.807) is 0 Å². The molecule has 1 rings (SSSR count). The van der Waals surface area contributed by atoms with Crippen LogP contribution in [0.4, 0.5) is 0 Å². The fourth-order valence-corrected chi connectivity index (χ4v) is 2.07. The minimum Gasteiger partial charge on any atom is -0.460 e. The van der Waals surface area contributed by atoms with E-state index in [-0.39, 0.29) is 11.6 Å². The second kappa shape index (κ2) is 7.32. The minimum atomic E-state index is -0.374. The first-order chi connectivity index (χ1) is 8.87. The average molecular weight is 262 g/mol. The van der Waals surface area contributed by atoms with Crippen molar-refractivity contribution in [2.24, 2.45) is 5.92 Å². The Morgan fingerprint density at radius 2 is 1.84 bits per heavy atom. The fraction of sp³-hybridized carbons (Fsp3) is 0.588. The van der Waals surface area contributed by atoms with Gasteiger partial charge in [0.05, 0.1) is 0 Å². The summed E-state index contributed by atoms with van der Waals surface area (Å²) in [6, 6.07) is 10.5. The number of benzene rings is 1. The zero-order valence-electron chi connectivity index (χ0n) is 12.6. The molecule has 1 aromatic rings. The molecular weight excluding hydrogens is 236 g/mol. The number of hydrogen-bond donors (Lipinski definition) is 0. The average Bonchev–Trinajstić information content (AvgIpc) is 2.27. The molecule has 0 saturated heterocycles. The van der Waals surface area contributed by atoms with Crippen molar-refractivity contribution in [3.63, 3.8) is 0 Å². The van der Waals surface area contributed by atoms with E-state index in [0.717, 1.165) is 19.3 Å². The Morgan fingerprint density at radius 1 is 1.21 bits per heavy atom. The molecule has 19 heavy (non-hydrogen) atoms. The number of ether oxygens (including phenoxy) is 1. The SMILES string of the molecule is CC(CCCc1ccccc1)CC(=O)OC(C)(C)C. The molecule has 0 heterocycles. The summed E-state index contributed by atoms with van der Waals surface area (Å²) in [7, 11) is 0. The van der Waals surface area contributed by atoms with Crippen LogP contribution in [0.3, 0.4) is 0 Å². The summed E-state index contributed by atoms with van der Waals surface area (Å²) in [5, 5.41) is 0. The number of aryl methyl sites for hydroxylation is 1. The minimum absolute atomic E-state index is 0.0836. The topological polar surface area (TPSA) is 26.3 Å². The highest BCUT2D eigenvalue weighted by atomic mass is 16.6. The van der Waals surface area contributed by atoms with Gasteiger partial charge in [-0.25, -0.2) is 0 Å². The van der Waals surface area contributed by atoms with Gasteiger partial charge in [0.15, 0.2) is 0 Å². The maximum atomic E-state index is 11.7. The first kappa shape index (κ1) is 15.7. The third-order valence-corrected chi connectivity index (χ3v) is 2.94.